The second kappa shape index (κ2) is 3.88. The quantitative estimate of drug-likeness (QED) is 0.590. The second-order valence-electron chi connectivity index (χ2n) is 9.16. The zero-order chi connectivity index (χ0) is 17.1. The number of allylic oxidation sites excluding steroid dienone is 1. The predicted octanol–water partition coefficient (Wildman–Crippen LogP) is 3.26. The molecule has 7 atom stereocenters. The molecule has 5 rings (SSSR count). The minimum Gasteiger partial charge on any atom is -0.481 e. The Hall–Kier alpha value is -1.39. The summed E-state index contributed by atoms with van der Waals surface area (Å²) >= 11 is 0. The molecule has 4 saturated carbocycles. The van der Waals surface area contributed by atoms with E-state index in [9.17, 15) is 14.7 Å². The molecule has 0 aromatic heterocycles. The zero-order valence-corrected chi connectivity index (χ0v) is 13.9. The summed E-state index contributed by atoms with van der Waals surface area (Å²) < 4.78 is 21.3. The first-order valence-corrected chi connectivity index (χ1v) is 9.03. The maximum absolute atomic E-state index is 15.3. The van der Waals surface area contributed by atoms with Crippen LogP contribution in [0.4, 0.5) is 4.39 Å². The van der Waals surface area contributed by atoms with Crippen molar-refractivity contribution in [1.82, 2.24) is 0 Å². The van der Waals surface area contributed by atoms with Gasteiger partial charge in [0.1, 0.15) is 11.3 Å². The Morgan fingerprint density at radius 1 is 1.38 bits per heavy atom. The van der Waals surface area contributed by atoms with Crippen LogP contribution >= 0.6 is 0 Å². The number of carbonyl (C=O) groups is 2. The van der Waals surface area contributed by atoms with E-state index in [4.69, 9.17) is 4.74 Å². The van der Waals surface area contributed by atoms with E-state index in [1.165, 1.54) is 0 Å². The van der Waals surface area contributed by atoms with Crippen LogP contribution in [0.15, 0.2) is 12.2 Å². The highest BCUT2D eigenvalue weighted by atomic mass is 19.1. The fourth-order valence-electron chi connectivity index (χ4n) is 7.65. The van der Waals surface area contributed by atoms with E-state index >= 15 is 4.39 Å². The van der Waals surface area contributed by atoms with Gasteiger partial charge in [0.2, 0.25) is 0 Å². The third-order valence-corrected chi connectivity index (χ3v) is 8.34. The van der Waals surface area contributed by atoms with Gasteiger partial charge in [-0.3, -0.25) is 9.59 Å². The molecular formula is C19H23FO4. The molecule has 5 heteroatoms. The first-order chi connectivity index (χ1) is 11.2. The Balaban J connectivity index is 1.75. The summed E-state index contributed by atoms with van der Waals surface area (Å²) in [7, 11) is 0. The number of hydrogen-bond donors (Lipinski definition) is 1. The highest BCUT2D eigenvalue weighted by molar-refractivity contribution is 5.84. The van der Waals surface area contributed by atoms with Gasteiger partial charge in [-0.05, 0) is 62.9 Å². The highest BCUT2D eigenvalue weighted by Crippen LogP contribution is 2.78. The topological polar surface area (TPSA) is 63.6 Å². The highest BCUT2D eigenvalue weighted by Gasteiger charge is 2.83. The summed E-state index contributed by atoms with van der Waals surface area (Å²) in [6.45, 7) is 5.82. The monoisotopic (exact) mass is 334 g/mol. The van der Waals surface area contributed by atoms with Crippen LogP contribution < -0.4 is 0 Å². The van der Waals surface area contributed by atoms with Crippen molar-refractivity contribution < 1.29 is 23.8 Å². The van der Waals surface area contributed by atoms with Crippen LogP contribution in [0.25, 0.3) is 0 Å². The van der Waals surface area contributed by atoms with Gasteiger partial charge in [-0.2, -0.15) is 0 Å². The maximum Gasteiger partial charge on any atom is 0.312 e. The van der Waals surface area contributed by atoms with Gasteiger partial charge in [0.05, 0.1) is 11.3 Å². The molecule has 0 aromatic rings. The molecule has 5 fully saturated rings. The molecule has 4 nitrogen and oxygen atoms in total. The van der Waals surface area contributed by atoms with Crippen molar-refractivity contribution in [2.75, 3.05) is 0 Å². The zero-order valence-electron chi connectivity index (χ0n) is 13.9. The summed E-state index contributed by atoms with van der Waals surface area (Å²) in [6, 6.07) is 0. The lowest BCUT2D eigenvalue weighted by atomic mass is 9.60. The number of hydrogen-bond acceptors (Lipinski definition) is 3. The number of aliphatic carboxylic acids is 1. The summed E-state index contributed by atoms with van der Waals surface area (Å²) in [5, 5.41) is 10.1. The van der Waals surface area contributed by atoms with E-state index in [2.05, 4.69) is 6.58 Å². The molecule has 24 heavy (non-hydrogen) atoms. The third kappa shape index (κ3) is 1.28. The van der Waals surface area contributed by atoms with Crippen molar-refractivity contribution in [3.8, 4) is 0 Å². The first kappa shape index (κ1) is 14.9. The summed E-state index contributed by atoms with van der Waals surface area (Å²) in [4.78, 5) is 25.0. The van der Waals surface area contributed by atoms with Crippen molar-refractivity contribution in [3.05, 3.63) is 12.2 Å². The van der Waals surface area contributed by atoms with Gasteiger partial charge < -0.3 is 9.84 Å². The molecule has 0 aromatic carbocycles. The molecule has 1 spiro atoms. The molecular weight excluding hydrogens is 311 g/mol. The Bertz CT molecular complexity index is 703. The average molecular weight is 334 g/mol. The Morgan fingerprint density at radius 2 is 2.12 bits per heavy atom. The van der Waals surface area contributed by atoms with Crippen LogP contribution in [0.1, 0.15) is 51.9 Å². The van der Waals surface area contributed by atoms with Crippen molar-refractivity contribution in [2.24, 2.45) is 28.6 Å². The van der Waals surface area contributed by atoms with Crippen molar-refractivity contribution >= 4 is 11.9 Å². The van der Waals surface area contributed by atoms with Crippen LogP contribution in [0, 0.1) is 28.6 Å². The molecule has 1 heterocycles. The fourth-order valence-corrected chi connectivity index (χ4v) is 7.65. The normalized spacial score (nSPS) is 57.5. The number of esters is 1. The number of carboxylic acid groups (broad SMARTS) is 1. The van der Waals surface area contributed by atoms with Crippen LogP contribution in [0.5, 0.6) is 0 Å². The van der Waals surface area contributed by atoms with Gasteiger partial charge in [-0.25, -0.2) is 4.39 Å². The largest absolute Gasteiger partial charge is 0.481 e. The number of alkyl halides is 1. The van der Waals surface area contributed by atoms with E-state index < -0.39 is 34.0 Å². The molecule has 4 aliphatic carbocycles. The molecule has 4 bridgehead atoms. The fraction of sp³-hybridized carbons (Fsp3) is 0.789. The Morgan fingerprint density at radius 3 is 2.83 bits per heavy atom. The molecule has 1 aliphatic heterocycles. The second-order valence-corrected chi connectivity index (χ2v) is 9.16. The lowest BCUT2D eigenvalue weighted by Gasteiger charge is -2.44. The van der Waals surface area contributed by atoms with E-state index in [1.54, 1.807) is 0 Å². The molecule has 1 N–H and O–H groups in total. The minimum atomic E-state index is -1.43. The van der Waals surface area contributed by atoms with Gasteiger partial charge in [-0.15, -0.1) is 0 Å². The standard InChI is InChI=1S/C19H23FO4/c1-10-8-17-9-18(10,20)7-4-11(17)19-6-3-5-16(2,15(23)24-19)13(19)12(17)14(21)22/h11-13H,1,3-9H2,2H3,(H,21,22)/t11-,12-,13-,16-,17-,18-,19-/m1/s1. The smallest absolute Gasteiger partial charge is 0.312 e. The van der Waals surface area contributed by atoms with Gasteiger partial charge in [0.25, 0.3) is 0 Å². The molecule has 1 saturated heterocycles. The predicted molar refractivity (Wildman–Crippen MR) is 82.8 cm³/mol. The maximum atomic E-state index is 15.3. The van der Waals surface area contributed by atoms with Crippen LogP contribution in [-0.4, -0.2) is 28.3 Å². The summed E-state index contributed by atoms with van der Waals surface area (Å²) in [6.07, 6.45) is 3.92. The Labute approximate surface area is 140 Å². The number of halogens is 1. The summed E-state index contributed by atoms with van der Waals surface area (Å²) in [5.41, 5.74) is -2.94. The lowest BCUT2D eigenvalue weighted by Crippen LogP contribution is -2.47. The van der Waals surface area contributed by atoms with Gasteiger partial charge in [-0.1, -0.05) is 6.58 Å². The van der Waals surface area contributed by atoms with E-state index in [0.717, 1.165) is 12.8 Å². The van der Waals surface area contributed by atoms with Gasteiger partial charge in [0, 0.05) is 11.8 Å². The molecule has 130 valence electrons. The Kier molecular flexibility index (Phi) is 2.41. The SMILES string of the molecule is C=C1C[C@@]23C[C@]1(F)CC[C@H]2[C@@]12CCC[C@@](C)(C(=O)O1)[C@H]2[C@@H]3C(=O)O. The van der Waals surface area contributed by atoms with E-state index in [0.29, 0.717) is 31.3 Å². The summed E-state index contributed by atoms with van der Waals surface area (Å²) in [5.74, 6) is -2.22. The van der Waals surface area contributed by atoms with Gasteiger partial charge >= 0.3 is 11.9 Å². The molecule has 0 unspecified atom stereocenters. The van der Waals surface area contributed by atoms with Crippen molar-refractivity contribution in [2.45, 2.75) is 63.1 Å². The van der Waals surface area contributed by atoms with E-state index in [1.807, 2.05) is 6.92 Å². The van der Waals surface area contributed by atoms with Crippen LogP contribution in [0.2, 0.25) is 0 Å². The number of ether oxygens (including phenoxy) is 1. The minimum absolute atomic E-state index is 0.0506. The number of rotatable bonds is 1. The number of fused-ring (bicyclic) bond motifs is 1. The number of carboxylic acids is 1. The average Bonchev–Trinajstić information content (AvgIpc) is 2.88. The third-order valence-electron chi connectivity index (χ3n) is 8.34. The lowest BCUT2D eigenvalue weighted by molar-refractivity contribution is -0.161. The van der Waals surface area contributed by atoms with Crippen molar-refractivity contribution in [3.63, 3.8) is 0 Å². The first-order valence-electron chi connectivity index (χ1n) is 9.03. The number of carbonyl (C=O) groups excluding carboxylic acids is 1. The molecule has 0 amide bonds. The molecule has 5 aliphatic rings. The van der Waals surface area contributed by atoms with Crippen molar-refractivity contribution in [1.29, 1.82) is 0 Å². The van der Waals surface area contributed by atoms with Crippen LogP contribution in [0.3, 0.4) is 0 Å². The molecule has 0 radical (unpaired) electrons. The van der Waals surface area contributed by atoms with Crippen LogP contribution in [-0.2, 0) is 14.3 Å². The van der Waals surface area contributed by atoms with Gasteiger partial charge in [0.15, 0.2) is 0 Å². The van der Waals surface area contributed by atoms with E-state index in [-0.39, 0.29) is 24.2 Å².